The topological polar surface area (TPSA) is 3.24 Å². The summed E-state index contributed by atoms with van der Waals surface area (Å²) in [5, 5.41) is 0. The van der Waals surface area contributed by atoms with E-state index in [1.165, 1.54) is 38.9 Å². The molecular formula is C37H28BrN. The Morgan fingerprint density at radius 2 is 0.744 bits per heavy atom. The van der Waals surface area contributed by atoms with Crippen LogP contribution in [0, 0.1) is 0 Å². The molecule has 0 saturated carbocycles. The Kier molecular flexibility index (Phi) is 7.38. The number of halogens is 1. The summed E-state index contributed by atoms with van der Waals surface area (Å²) >= 11 is 3.88. The van der Waals surface area contributed by atoms with Crippen LogP contribution in [0.4, 0.5) is 11.4 Å². The van der Waals surface area contributed by atoms with Gasteiger partial charge in [0.1, 0.15) is 0 Å². The lowest BCUT2D eigenvalue weighted by Gasteiger charge is -2.26. The summed E-state index contributed by atoms with van der Waals surface area (Å²) in [6.07, 6.45) is 0. The maximum absolute atomic E-state index is 3.88. The van der Waals surface area contributed by atoms with E-state index in [-0.39, 0.29) is 0 Å². The van der Waals surface area contributed by atoms with E-state index in [0.717, 1.165) is 22.4 Å². The fourth-order valence-electron chi connectivity index (χ4n) is 4.92. The molecule has 0 bridgehead atoms. The van der Waals surface area contributed by atoms with E-state index >= 15 is 0 Å². The first-order valence-electron chi connectivity index (χ1n) is 13.2. The van der Waals surface area contributed by atoms with Crippen molar-refractivity contribution in [2.24, 2.45) is 0 Å². The van der Waals surface area contributed by atoms with Crippen molar-refractivity contribution >= 4 is 27.3 Å². The molecule has 0 saturated heterocycles. The van der Waals surface area contributed by atoms with E-state index in [1.807, 2.05) is 0 Å². The summed E-state index contributed by atoms with van der Waals surface area (Å²) in [7, 11) is 0. The summed E-state index contributed by atoms with van der Waals surface area (Å²) in [5.74, 6) is 0. The quantitative estimate of drug-likeness (QED) is 0.186. The van der Waals surface area contributed by atoms with Crippen molar-refractivity contribution < 1.29 is 0 Å². The number of rotatable bonds is 7. The normalized spacial score (nSPS) is 10.8. The molecule has 0 spiro atoms. The van der Waals surface area contributed by atoms with Crippen LogP contribution in [0.1, 0.15) is 5.56 Å². The lowest BCUT2D eigenvalue weighted by atomic mass is 10.0. The summed E-state index contributed by atoms with van der Waals surface area (Å²) in [6.45, 7) is 0.741. The molecule has 0 amide bonds. The minimum Gasteiger partial charge on any atom is -0.337 e. The fraction of sp³-hybridized carbons (Fsp3) is 0.0270. The van der Waals surface area contributed by atoms with Gasteiger partial charge in [0, 0.05) is 22.4 Å². The molecule has 0 aliphatic heterocycles. The summed E-state index contributed by atoms with van der Waals surface area (Å²) in [6, 6.07) is 56.0. The Bertz CT molecular complexity index is 1560. The van der Waals surface area contributed by atoms with Gasteiger partial charge >= 0.3 is 0 Å². The van der Waals surface area contributed by atoms with Gasteiger partial charge in [-0.2, -0.15) is 0 Å². The molecule has 0 heterocycles. The van der Waals surface area contributed by atoms with Gasteiger partial charge in [-0.1, -0.05) is 143 Å². The zero-order valence-electron chi connectivity index (χ0n) is 21.5. The van der Waals surface area contributed by atoms with Crippen LogP contribution < -0.4 is 4.90 Å². The van der Waals surface area contributed by atoms with Crippen LogP contribution in [-0.4, -0.2) is 0 Å². The zero-order chi connectivity index (χ0) is 26.4. The lowest BCUT2D eigenvalue weighted by Crippen LogP contribution is -2.16. The highest BCUT2D eigenvalue weighted by molar-refractivity contribution is 9.10. The first kappa shape index (κ1) is 24.9. The number of hydrogen-bond acceptors (Lipinski definition) is 1. The Morgan fingerprint density at radius 1 is 0.385 bits per heavy atom. The van der Waals surface area contributed by atoms with Crippen LogP contribution in [0.5, 0.6) is 0 Å². The predicted octanol–water partition coefficient (Wildman–Crippen LogP) is 10.8. The van der Waals surface area contributed by atoms with Gasteiger partial charge in [0.25, 0.3) is 0 Å². The summed E-state index contributed by atoms with van der Waals surface area (Å²) in [5.41, 5.74) is 10.8. The molecule has 0 aliphatic carbocycles. The minimum atomic E-state index is 0.741. The molecule has 6 rings (SSSR count). The molecule has 2 heteroatoms. The number of hydrogen-bond donors (Lipinski definition) is 0. The first-order chi connectivity index (χ1) is 19.2. The molecule has 0 unspecified atom stereocenters. The second-order valence-electron chi connectivity index (χ2n) is 9.58. The standard InChI is InChI=1S/C37H28BrN/c38-37-26-33(30-14-8-3-9-15-30)16-17-34(37)27-39(35-22-18-31(19-23-35)28-10-4-1-5-11-28)36-24-20-32(21-25-36)29-12-6-2-7-13-29/h1-26H,27H2. The van der Waals surface area contributed by atoms with Gasteiger partial charge in [-0.05, 0) is 69.3 Å². The molecule has 0 fully saturated rings. The number of benzene rings is 6. The fourth-order valence-corrected chi connectivity index (χ4v) is 5.42. The molecule has 0 atom stereocenters. The van der Waals surface area contributed by atoms with Crippen molar-refractivity contribution in [2.45, 2.75) is 6.54 Å². The lowest BCUT2D eigenvalue weighted by molar-refractivity contribution is 0.970. The van der Waals surface area contributed by atoms with Crippen LogP contribution in [0.15, 0.2) is 162 Å². The highest BCUT2D eigenvalue weighted by Crippen LogP contribution is 2.34. The van der Waals surface area contributed by atoms with Crippen molar-refractivity contribution in [3.8, 4) is 33.4 Å². The van der Waals surface area contributed by atoms with E-state index in [0.29, 0.717) is 0 Å². The Morgan fingerprint density at radius 3 is 1.15 bits per heavy atom. The molecule has 39 heavy (non-hydrogen) atoms. The van der Waals surface area contributed by atoms with E-state index < -0.39 is 0 Å². The second-order valence-corrected chi connectivity index (χ2v) is 10.4. The van der Waals surface area contributed by atoms with Gasteiger partial charge in [-0.25, -0.2) is 0 Å². The highest BCUT2D eigenvalue weighted by atomic mass is 79.9. The maximum atomic E-state index is 3.88. The van der Waals surface area contributed by atoms with Crippen molar-refractivity contribution in [2.75, 3.05) is 4.90 Å². The van der Waals surface area contributed by atoms with Crippen LogP contribution in [0.25, 0.3) is 33.4 Å². The van der Waals surface area contributed by atoms with Gasteiger partial charge in [-0.15, -0.1) is 0 Å². The van der Waals surface area contributed by atoms with Crippen LogP contribution in [0.3, 0.4) is 0 Å². The van der Waals surface area contributed by atoms with Gasteiger partial charge in [-0.3, -0.25) is 0 Å². The monoisotopic (exact) mass is 565 g/mol. The van der Waals surface area contributed by atoms with E-state index in [9.17, 15) is 0 Å². The largest absolute Gasteiger partial charge is 0.337 e. The van der Waals surface area contributed by atoms with Crippen LogP contribution >= 0.6 is 15.9 Å². The third kappa shape index (κ3) is 5.72. The highest BCUT2D eigenvalue weighted by Gasteiger charge is 2.14. The van der Waals surface area contributed by atoms with E-state index in [2.05, 4.69) is 179 Å². The predicted molar refractivity (Wildman–Crippen MR) is 169 cm³/mol. The number of anilines is 2. The summed E-state index contributed by atoms with van der Waals surface area (Å²) in [4.78, 5) is 2.38. The van der Waals surface area contributed by atoms with Crippen LogP contribution in [0.2, 0.25) is 0 Å². The van der Waals surface area contributed by atoms with Crippen molar-refractivity contribution in [3.05, 3.63) is 168 Å². The van der Waals surface area contributed by atoms with Crippen molar-refractivity contribution in [1.29, 1.82) is 0 Å². The Hall–Kier alpha value is -4.40. The molecule has 6 aromatic rings. The third-order valence-electron chi connectivity index (χ3n) is 7.06. The Labute approximate surface area is 239 Å². The third-order valence-corrected chi connectivity index (χ3v) is 7.80. The zero-order valence-corrected chi connectivity index (χ0v) is 23.1. The summed E-state index contributed by atoms with van der Waals surface area (Å²) < 4.78 is 1.11. The van der Waals surface area contributed by atoms with Gasteiger partial charge in [0.2, 0.25) is 0 Å². The van der Waals surface area contributed by atoms with E-state index in [4.69, 9.17) is 0 Å². The molecule has 0 N–H and O–H groups in total. The minimum absolute atomic E-state index is 0.741. The first-order valence-corrected chi connectivity index (χ1v) is 14.0. The molecule has 0 aliphatic rings. The molecular weight excluding hydrogens is 538 g/mol. The molecule has 188 valence electrons. The van der Waals surface area contributed by atoms with Crippen molar-refractivity contribution in [3.63, 3.8) is 0 Å². The van der Waals surface area contributed by atoms with Gasteiger partial charge in [0.05, 0.1) is 0 Å². The Balaban J connectivity index is 1.35. The van der Waals surface area contributed by atoms with Gasteiger partial charge in [0.15, 0.2) is 0 Å². The van der Waals surface area contributed by atoms with Crippen molar-refractivity contribution in [1.82, 2.24) is 0 Å². The van der Waals surface area contributed by atoms with Gasteiger partial charge < -0.3 is 4.90 Å². The molecule has 0 radical (unpaired) electrons. The average Bonchev–Trinajstić information content (AvgIpc) is 3.02. The number of nitrogens with zero attached hydrogens (tertiary/aromatic N) is 1. The molecule has 6 aromatic carbocycles. The van der Waals surface area contributed by atoms with E-state index in [1.54, 1.807) is 0 Å². The molecule has 0 aromatic heterocycles. The SMILES string of the molecule is Brc1cc(-c2ccccc2)ccc1CN(c1ccc(-c2ccccc2)cc1)c1ccc(-c2ccccc2)cc1. The maximum Gasteiger partial charge on any atom is 0.0492 e. The second kappa shape index (κ2) is 11.6. The molecule has 1 nitrogen and oxygen atoms in total. The van der Waals surface area contributed by atoms with Crippen LogP contribution in [-0.2, 0) is 6.54 Å². The average molecular weight is 567 g/mol. The smallest absolute Gasteiger partial charge is 0.0492 e.